The van der Waals surface area contributed by atoms with E-state index in [0.29, 0.717) is 102 Å². The van der Waals surface area contributed by atoms with Gasteiger partial charge in [0.1, 0.15) is 37.0 Å². The quantitative estimate of drug-likeness (QED) is 0.0189. The minimum Gasteiger partial charge on any atom is -0.494 e. The van der Waals surface area contributed by atoms with E-state index in [1.54, 1.807) is 161 Å². The van der Waals surface area contributed by atoms with Crippen LogP contribution in [0.1, 0.15) is 74.9 Å². The summed E-state index contributed by atoms with van der Waals surface area (Å²) in [4.78, 5) is 82.4. The zero-order valence-corrected chi connectivity index (χ0v) is 68.2. The van der Waals surface area contributed by atoms with Crippen LogP contribution in [0.2, 0.25) is 0 Å². The molecule has 0 bridgehead atoms. The second kappa shape index (κ2) is 36.5. The standard InChI is InChI=1S/C23H25FN5O5P.C21H21FN5O7P.C20H18FN5O3.C9H20ClO4P/c1-13-8-16(10-19(32-3)20(13)24)27-22-25-11-14(2)21(28-22)26-15-6-7-18-17(9-15)29(23(30)34-18)12-33-35(4,5)31;1-11-6-14(8-17(32-3)18(11)22)25-20-23-9-12(2)19(26-20)24-13-4-5-16-15(7-13)27(21(28)34-16)10-33-35(29,30)31;1-10-6-13(8-16(28-3)17(10)21)24-19-22-9-11(2)18(26-19)23-12-4-5-15-14(7-12)25-20(27)29-15;1-8(2,3)13-15(11,12-7-10)14-9(4,5)6/h6-11H,12H2,1-5H3,(H2,25,26,27,28);4-9H,10H2,1-3H3,(H2,29,30,31)(H2,23,24,25,26);4-9H,1-3H3,(H,25,27)(H2,22,23,24,26);7H2,1-6H3. The van der Waals surface area contributed by atoms with E-state index in [1.165, 1.54) is 57.4 Å². The predicted molar refractivity (Wildman–Crippen MR) is 426 cm³/mol. The first-order valence-electron chi connectivity index (χ1n) is 34.1. The van der Waals surface area contributed by atoms with Gasteiger partial charge in [-0.2, -0.15) is 15.0 Å². The van der Waals surface area contributed by atoms with Gasteiger partial charge in [-0.25, -0.2) is 60.8 Å². The third-order valence-electron chi connectivity index (χ3n) is 15.4. The molecule has 0 amide bonds. The second-order valence-electron chi connectivity index (χ2n) is 27.4. The summed E-state index contributed by atoms with van der Waals surface area (Å²) in [5.41, 5.74) is 8.26. The highest BCUT2D eigenvalue weighted by Gasteiger charge is 2.37. The first kappa shape index (κ1) is 87.0. The molecule has 12 rings (SSSR count). The molecule has 0 spiro atoms. The molecule has 0 atom stereocenters. The number of hydrogen-bond acceptors (Lipinski definition) is 29. The summed E-state index contributed by atoms with van der Waals surface area (Å²) < 4.78 is 135. The number of phosphoric ester groups is 2. The number of fused-ring (bicyclic) bond motifs is 3. The fourth-order valence-corrected chi connectivity index (χ4v) is 12.9. The van der Waals surface area contributed by atoms with Crippen molar-refractivity contribution in [2.45, 2.75) is 108 Å². The number of oxazole rings is 3. The van der Waals surface area contributed by atoms with E-state index in [1.807, 2.05) is 13.8 Å². The summed E-state index contributed by atoms with van der Waals surface area (Å²) in [6, 6.07) is 24.2. The number of benzene rings is 6. The topological polar surface area (TPSA) is 431 Å². The minimum atomic E-state index is -4.79. The number of methoxy groups -OCH3 is 3. The maximum atomic E-state index is 14.1. The van der Waals surface area contributed by atoms with Gasteiger partial charge >= 0.3 is 32.9 Å². The Morgan fingerprint density at radius 3 is 1.16 bits per heavy atom. The van der Waals surface area contributed by atoms with Crippen molar-refractivity contribution in [1.82, 2.24) is 44.0 Å². The van der Waals surface area contributed by atoms with Crippen LogP contribution >= 0.6 is 34.6 Å². The number of aryl methyl sites for hydroxylation is 6. The smallest absolute Gasteiger partial charge is 0.476 e. The minimum absolute atomic E-state index is 0.0835. The van der Waals surface area contributed by atoms with Gasteiger partial charge in [0.05, 0.1) is 49.1 Å². The maximum absolute atomic E-state index is 14.1. The fraction of sp³-hybridized carbons (Fsp3) is 0.301. The van der Waals surface area contributed by atoms with E-state index in [-0.39, 0.29) is 47.1 Å². The van der Waals surface area contributed by atoms with Gasteiger partial charge in [0.2, 0.25) is 17.8 Å². The van der Waals surface area contributed by atoms with E-state index in [2.05, 4.69) is 71.3 Å². The van der Waals surface area contributed by atoms with Crippen LogP contribution in [-0.2, 0) is 49.8 Å². The van der Waals surface area contributed by atoms with E-state index >= 15 is 0 Å². The Bertz CT molecular complexity index is 5590. The Morgan fingerprint density at radius 1 is 0.474 bits per heavy atom. The van der Waals surface area contributed by atoms with Crippen LogP contribution in [0.5, 0.6) is 17.2 Å². The number of nitrogens with zero attached hydrogens (tertiary/aromatic N) is 8. The van der Waals surface area contributed by atoms with Gasteiger partial charge in [-0.15, -0.1) is 0 Å². The molecule has 0 fully saturated rings. The van der Waals surface area contributed by atoms with Gasteiger partial charge in [0.15, 0.2) is 58.8 Å². The summed E-state index contributed by atoms with van der Waals surface area (Å²) >= 11 is 5.39. The lowest BCUT2D eigenvalue weighted by molar-refractivity contribution is 0.00855. The normalized spacial score (nSPS) is 11.8. The van der Waals surface area contributed by atoms with Gasteiger partial charge < -0.3 is 73.7 Å². The molecule has 6 aromatic heterocycles. The fourth-order valence-electron chi connectivity index (χ4n) is 10.2. The number of phosphoric acid groups is 2. The van der Waals surface area contributed by atoms with Gasteiger partial charge in [0.25, 0.3) is 0 Å². The highest BCUT2D eigenvalue weighted by Crippen LogP contribution is 2.55. The van der Waals surface area contributed by atoms with Crippen LogP contribution in [0.15, 0.2) is 137 Å². The van der Waals surface area contributed by atoms with Gasteiger partial charge in [-0.3, -0.25) is 27.6 Å². The number of aromatic nitrogens is 9. The van der Waals surface area contributed by atoms with Crippen molar-refractivity contribution in [2.75, 3.05) is 72.6 Å². The monoisotopic (exact) mass is 1660 g/mol. The van der Waals surface area contributed by atoms with Crippen molar-refractivity contribution >= 4 is 137 Å². The van der Waals surface area contributed by atoms with Crippen molar-refractivity contribution in [2.24, 2.45) is 0 Å². The molecule has 0 radical (unpaired) electrons. The highest BCUT2D eigenvalue weighted by molar-refractivity contribution is 7.57. The number of nitrogens with one attached hydrogen (secondary N) is 7. The van der Waals surface area contributed by atoms with Crippen LogP contribution in [0, 0.1) is 59.0 Å². The van der Waals surface area contributed by atoms with Crippen molar-refractivity contribution in [3.05, 3.63) is 192 Å². The predicted octanol–water partition coefficient (Wildman–Crippen LogP) is 17.0. The number of alkyl halides is 1. The Kier molecular flexibility index (Phi) is 27.8. The molecular formula is C73H84ClF3N15O19P3. The van der Waals surface area contributed by atoms with Crippen LogP contribution in [0.3, 0.4) is 0 Å². The largest absolute Gasteiger partial charge is 0.494 e. The molecule has 41 heteroatoms. The maximum Gasteiger partial charge on any atom is 0.476 e. The number of ether oxygens (including phenoxy) is 3. The highest BCUT2D eigenvalue weighted by atomic mass is 35.5. The summed E-state index contributed by atoms with van der Waals surface area (Å²) in [6.07, 6.45) is 4.90. The molecule has 34 nitrogen and oxygen atoms in total. The Hall–Kier alpha value is -10.9. The SMILES string of the molecule is CC(C)(C)OP(=O)(OCCl)OC(C)(C)C.COc1cc(Nc2ncc(C)c(Nc3ccc4oc(=O)[nH]c4c3)n2)cc(C)c1F.COc1cc(Nc2ncc(C)c(Nc3ccc4oc(=O)n(COP(=O)(O)O)c4c3)n2)cc(C)c1F.COc1cc(Nc2ncc(C)c(Nc3ccc4oc(=O)n(COP(C)(C)=O)c4c3)n2)cc(C)c1F. The van der Waals surface area contributed by atoms with Crippen LogP contribution in [0.4, 0.5) is 82.6 Å². The molecule has 0 aliphatic heterocycles. The number of rotatable bonds is 25. The zero-order chi connectivity index (χ0) is 83.5. The molecular weight excluding hydrogens is 1580 g/mol. The number of halogens is 4. The average molecular weight is 1660 g/mol. The van der Waals surface area contributed by atoms with Crippen LogP contribution < -0.4 is 63.4 Å². The Morgan fingerprint density at radius 2 is 0.825 bits per heavy atom. The first-order chi connectivity index (χ1) is 53.5. The van der Waals surface area contributed by atoms with Gasteiger partial charge in [-0.1, -0.05) is 11.6 Å². The molecule has 6 aromatic carbocycles. The summed E-state index contributed by atoms with van der Waals surface area (Å²) in [5, 5.41) is 18.7. The number of hydrogen-bond donors (Lipinski definition) is 9. The zero-order valence-electron chi connectivity index (χ0n) is 64.8. The number of H-pyrrole nitrogens is 1. The average Bonchev–Trinajstić information content (AvgIpc) is 1.64. The van der Waals surface area contributed by atoms with E-state index in [9.17, 15) is 41.3 Å². The summed E-state index contributed by atoms with van der Waals surface area (Å²) in [5.74, 6) is -0.485. The lowest BCUT2D eigenvalue weighted by Crippen LogP contribution is -2.24. The molecule has 0 aliphatic rings. The van der Waals surface area contributed by atoms with E-state index in [4.69, 9.17) is 66.9 Å². The van der Waals surface area contributed by atoms with Crippen molar-refractivity contribution < 1.29 is 86.7 Å². The van der Waals surface area contributed by atoms with E-state index in [0.717, 1.165) is 21.4 Å². The van der Waals surface area contributed by atoms with Gasteiger partial charge in [-0.05, 0) is 173 Å². The summed E-state index contributed by atoms with van der Waals surface area (Å²) in [7, 11) is -6.99. The second-order valence-corrected chi connectivity index (χ2v) is 33.1. The lowest BCUT2D eigenvalue weighted by atomic mass is 10.2. The molecule has 0 saturated carbocycles. The first-order valence-corrected chi connectivity index (χ1v) is 40.2. The number of anilines is 12. The molecule has 0 saturated heterocycles. The molecule has 114 heavy (non-hydrogen) atoms. The Balaban J connectivity index is 0.000000181. The number of aromatic amines is 1. The van der Waals surface area contributed by atoms with E-state index < -0.39 is 75.7 Å². The van der Waals surface area contributed by atoms with Crippen molar-refractivity contribution in [1.29, 1.82) is 0 Å². The van der Waals surface area contributed by atoms with Gasteiger partial charge in [0, 0.05) is 101 Å². The van der Waals surface area contributed by atoms with Crippen molar-refractivity contribution in [3.8, 4) is 17.2 Å². The molecule has 12 aromatic rings. The van der Waals surface area contributed by atoms with Crippen LogP contribution in [0.25, 0.3) is 33.3 Å². The lowest BCUT2D eigenvalue weighted by Gasteiger charge is -2.30. The summed E-state index contributed by atoms with van der Waals surface area (Å²) in [6.45, 7) is 23.1. The molecule has 608 valence electrons. The third kappa shape index (κ3) is 24.1. The molecule has 0 unspecified atom stereocenters. The molecule has 6 heterocycles. The Labute approximate surface area is 654 Å². The third-order valence-corrected chi connectivity index (χ3v) is 18.8. The van der Waals surface area contributed by atoms with Crippen LogP contribution in [-0.4, -0.2) is 106 Å². The molecule has 0 aliphatic carbocycles. The van der Waals surface area contributed by atoms with Crippen molar-refractivity contribution in [3.63, 3.8) is 0 Å². The molecule has 9 N–H and O–H groups in total.